The van der Waals surface area contributed by atoms with Gasteiger partial charge >= 0.3 is 0 Å². The minimum atomic E-state index is -0.0516. The van der Waals surface area contributed by atoms with Crippen molar-refractivity contribution in [3.05, 3.63) is 58.1 Å². The number of H-pyrrole nitrogens is 1. The Labute approximate surface area is 164 Å². The Balaban J connectivity index is 1.38. The molecule has 9 heteroatoms. The molecule has 0 aliphatic heterocycles. The van der Waals surface area contributed by atoms with E-state index in [2.05, 4.69) is 20.5 Å². The number of thiazole rings is 1. The Morgan fingerprint density at radius 1 is 1.33 bits per heavy atom. The van der Waals surface area contributed by atoms with Crippen LogP contribution in [0.3, 0.4) is 0 Å². The number of carbonyl (C=O) groups is 1. The Hall–Kier alpha value is -2.78. The van der Waals surface area contributed by atoms with Crippen LogP contribution in [0.25, 0.3) is 16.3 Å². The Kier molecular flexibility index (Phi) is 4.87. The molecule has 0 saturated carbocycles. The molecule has 3 heterocycles. The molecule has 0 saturated heterocycles. The van der Waals surface area contributed by atoms with Crippen LogP contribution in [0.5, 0.6) is 0 Å². The van der Waals surface area contributed by atoms with Crippen LogP contribution in [0, 0.1) is 11.7 Å². The zero-order valence-electron chi connectivity index (χ0n) is 14.7. The fourth-order valence-electron chi connectivity index (χ4n) is 2.80. The first-order chi connectivity index (χ1) is 13.1. The van der Waals surface area contributed by atoms with Crippen LogP contribution in [0.15, 0.2) is 42.0 Å². The van der Waals surface area contributed by atoms with Gasteiger partial charge in [-0.2, -0.15) is 5.10 Å². The molecule has 0 atom stereocenters. The normalized spacial score (nSPS) is 11.1. The van der Waals surface area contributed by atoms with Crippen molar-refractivity contribution in [3.63, 3.8) is 0 Å². The predicted molar refractivity (Wildman–Crippen MR) is 107 cm³/mol. The highest BCUT2D eigenvalue weighted by molar-refractivity contribution is 7.71. The number of aromatic nitrogens is 5. The maximum Gasteiger partial charge on any atom is 0.222 e. The number of fused-ring (bicyclic) bond motifs is 1. The summed E-state index contributed by atoms with van der Waals surface area (Å²) in [7, 11) is 0. The molecule has 4 aromatic rings. The molecule has 0 aliphatic carbocycles. The quantitative estimate of drug-likeness (QED) is 0.488. The van der Waals surface area contributed by atoms with E-state index in [4.69, 9.17) is 12.2 Å². The van der Waals surface area contributed by atoms with E-state index >= 15 is 0 Å². The third-order valence-electron chi connectivity index (χ3n) is 4.24. The van der Waals surface area contributed by atoms with Gasteiger partial charge in [0.15, 0.2) is 15.6 Å². The van der Waals surface area contributed by atoms with E-state index in [1.807, 2.05) is 57.9 Å². The van der Waals surface area contributed by atoms with E-state index in [-0.39, 0.29) is 5.91 Å². The van der Waals surface area contributed by atoms with Crippen LogP contribution in [0.2, 0.25) is 0 Å². The van der Waals surface area contributed by atoms with Gasteiger partial charge in [0.1, 0.15) is 0 Å². The maximum absolute atomic E-state index is 12.2. The average Bonchev–Trinajstić information content (AvgIpc) is 3.34. The molecule has 0 spiro atoms. The molecule has 3 aromatic heterocycles. The van der Waals surface area contributed by atoms with Crippen molar-refractivity contribution in [1.29, 1.82) is 0 Å². The SMILES string of the molecule is Cc1ccc(-c2n[nH]c(=S)n2CCC(=O)NCc2cn3ccsc3n2)cc1. The summed E-state index contributed by atoms with van der Waals surface area (Å²) in [6.45, 7) is 2.91. The molecule has 0 aliphatic rings. The monoisotopic (exact) mass is 398 g/mol. The second kappa shape index (κ2) is 7.45. The number of carbonyl (C=O) groups excluding carboxylic acids is 1. The van der Waals surface area contributed by atoms with E-state index in [0.29, 0.717) is 24.3 Å². The number of benzene rings is 1. The molecule has 2 N–H and O–H groups in total. The van der Waals surface area contributed by atoms with Gasteiger partial charge in [0.25, 0.3) is 0 Å². The van der Waals surface area contributed by atoms with Crippen molar-refractivity contribution in [2.75, 3.05) is 0 Å². The van der Waals surface area contributed by atoms with Gasteiger partial charge in [-0.05, 0) is 19.1 Å². The zero-order chi connectivity index (χ0) is 18.8. The number of rotatable bonds is 6. The molecule has 138 valence electrons. The Bertz CT molecular complexity index is 1110. The third kappa shape index (κ3) is 3.83. The summed E-state index contributed by atoms with van der Waals surface area (Å²) in [5.41, 5.74) is 2.99. The summed E-state index contributed by atoms with van der Waals surface area (Å²) in [6.07, 6.45) is 4.19. The lowest BCUT2D eigenvalue weighted by Crippen LogP contribution is -2.24. The molecule has 7 nitrogen and oxygen atoms in total. The van der Waals surface area contributed by atoms with Crippen molar-refractivity contribution in [2.45, 2.75) is 26.4 Å². The van der Waals surface area contributed by atoms with E-state index in [9.17, 15) is 4.79 Å². The van der Waals surface area contributed by atoms with Crippen molar-refractivity contribution >= 4 is 34.4 Å². The standard InChI is InChI=1S/C18H18N6OS2/c1-12-2-4-13(5-3-12)16-21-22-17(26)24(16)7-6-15(25)19-10-14-11-23-8-9-27-18(23)20-14/h2-5,8-9,11H,6-7,10H2,1H3,(H,19,25)(H,22,26). The summed E-state index contributed by atoms with van der Waals surface area (Å²) in [5.74, 6) is 0.687. The van der Waals surface area contributed by atoms with Gasteiger partial charge < -0.3 is 5.32 Å². The van der Waals surface area contributed by atoms with Crippen molar-refractivity contribution < 1.29 is 4.79 Å². The fraction of sp³-hybridized carbons (Fsp3) is 0.222. The number of nitrogens with one attached hydrogen (secondary N) is 2. The van der Waals surface area contributed by atoms with Gasteiger partial charge in [0.05, 0.1) is 12.2 Å². The summed E-state index contributed by atoms with van der Waals surface area (Å²) >= 11 is 6.89. The number of aromatic amines is 1. The third-order valence-corrected chi connectivity index (χ3v) is 5.32. The van der Waals surface area contributed by atoms with Crippen LogP contribution in [0.1, 0.15) is 17.7 Å². The minimum absolute atomic E-state index is 0.0516. The minimum Gasteiger partial charge on any atom is -0.350 e. The first kappa shape index (κ1) is 17.6. The summed E-state index contributed by atoms with van der Waals surface area (Å²) in [4.78, 5) is 17.6. The lowest BCUT2D eigenvalue weighted by molar-refractivity contribution is -0.121. The second-order valence-corrected chi connectivity index (χ2v) is 7.48. The number of hydrogen-bond donors (Lipinski definition) is 2. The molecular formula is C18H18N6OS2. The molecule has 0 fully saturated rings. The molecule has 0 radical (unpaired) electrons. The van der Waals surface area contributed by atoms with Crippen LogP contribution < -0.4 is 5.32 Å². The number of amides is 1. The van der Waals surface area contributed by atoms with E-state index < -0.39 is 0 Å². The Morgan fingerprint density at radius 3 is 2.93 bits per heavy atom. The first-order valence-electron chi connectivity index (χ1n) is 8.50. The van der Waals surface area contributed by atoms with Crippen LogP contribution >= 0.6 is 23.6 Å². The van der Waals surface area contributed by atoms with Gasteiger partial charge in [-0.1, -0.05) is 29.8 Å². The molecule has 4 rings (SSSR count). The number of imidazole rings is 1. The predicted octanol–water partition coefficient (Wildman–Crippen LogP) is 3.33. The number of nitrogens with zero attached hydrogens (tertiary/aromatic N) is 4. The summed E-state index contributed by atoms with van der Waals surface area (Å²) in [6, 6.07) is 8.06. The fourth-order valence-corrected chi connectivity index (χ4v) is 3.74. The van der Waals surface area contributed by atoms with Crippen LogP contribution in [-0.4, -0.2) is 30.1 Å². The average molecular weight is 399 g/mol. The Morgan fingerprint density at radius 2 is 2.15 bits per heavy atom. The van der Waals surface area contributed by atoms with Gasteiger partial charge in [-0.3, -0.25) is 18.9 Å². The van der Waals surface area contributed by atoms with E-state index in [0.717, 1.165) is 22.0 Å². The smallest absolute Gasteiger partial charge is 0.222 e. The molecular weight excluding hydrogens is 380 g/mol. The highest BCUT2D eigenvalue weighted by Gasteiger charge is 2.11. The van der Waals surface area contributed by atoms with Crippen molar-refractivity contribution in [3.8, 4) is 11.4 Å². The molecule has 0 bridgehead atoms. The van der Waals surface area contributed by atoms with Gasteiger partial charge in [-0.25, -0.2) is 4.98 Å². The van der Waals surface area contributed by atoms with Crippen LogP contribution in [0.4, 0.5) is 0 Å². The number of aryl methyl sites for hydroxylation is 1. The molecule has 0 unspecified atom stereocenters. The van der Waals surface area contributed by atoms with Crippen molar-refractivity contribution in [2.24, 2.45) is 0 Å². The number of hydrogen-bond acceptors (Lipinski definition) is 5. The van der Waals surface area contributed by atoms with E-state index in [1.165, 1.54) is 5.56 Å². The lowest BCUT2D eigenvalue weighted by atomic mass is 10.1. The topological polar surface area (TPSA) is 80.0 Å². The van der Waals surface area contributed by atoms with Crippen LogP contribution in [-0.2, 0) is 17.9 Å². The maximum atomic E-state index is 12.2. The zero-order valence-corrected chi connectivity index (χ0v) is 16.3. The molecule has 1 amide bonds. The summed E-state index contributed by atoms with van der Waals surface area (Å²) in [5, 5.41) is 12.0. The summed E-state index contributed by atoms with van der Waals surface area (Å²) < 4.78 is 4.31. The van der Waals surface area contributed by atoms with Gasteiger partial charge in [-0.15, -0.1) is 11.3 Å². The van der Waals surface area contributed by atoms with Gasteiger partial charge in [0, 0.05) is 36.3 Å². The lowest BCUT2D eigenvalue weighted by Gasteiger charge is -2.08. The molecule has 1 aromatic carbocycles. The highest BCUT2D eigenvalue weighted by atomic mass is 32.1. The highest BCUT2D eigenvalue weighted by Crippen LogP contribution is 2.18. The van der Waals surface area contributed by atoms with Crippen molar-refractivity contribution in [1.82, 2.24) is 29.5 Å². The molecule has 27 heavy (non-hydrogen) atoms. The second-order valence-electron chi connectivity index (χ2n) is 6.22. The van der Waals surface area contributed by atoms with E-state index in [1.54, 1.807) is 11.3 Å². The largest absolute Gasteiger partial charge is 0.350 e. The first-order valence-corrected chi connectivity index (χ1v) is 9.79. The van der Waals surface area contributed by atoms with Gasteiger partial charge in [0.2, 0.25) is 5.91 Å².